The zero-order chi connectivity index (χ0) is 21.4. The van der Waals surface area contributed by atoms with Gasteiger partial charge in [0.25, 0.3) is 5.91 Å². The number of benzene rings is 1. The Kier molecular flexibility index (Phi) is 5.99. The molecule has 1 N–H and O–H groups in total. The number of amides is 3. The van der Waals surface area contributed by atoms with Gasteiger partial charge < -0.3 is 19.3 Å². The van der Waals surface area contributed by atoms with E-state index in [1.54, 1.807) is 20.3 Å². The number of halogens is 1. The number of carbonyl (C=O) groups is 3. The van der Waals surface area contributed by atoms with E-state index in [1.165, 1.54) is 4.90 Å². The summed E-state index contributed by atoms with van der Waals surface area (Å²) in [5.74, 6) is -0.603. The topological polar surface area (TPSA) is 88.2 Å². The lowest BCUT2D eigenvalue weighted by Crippen LogP contribution is -2.52. The fraction of sp³-hybridized carbons (Fsp3) is 0.571. The minimum absolute atomic E-state index is 0.206. The van der Waals surface area contributed by atoms with Crippen molar-refractivity contribution < 1.29 is 23.9 Å². The van der Waals surface area contributed by atoms with Gasteiger partial charge in [0.1, 0.15) is 6.04 Å². The Morgan fingerprint density at radius 2 is 1.80 bits per heavy atom. The first-order valence-corrected chi connectivity index (χ1v) is 10.6. The van der Waals surface area contributed by atoms with E-state index >= 15 is 0 Å². The molecule has 0 aromatic heterocycles. The maximum atomic E-state index is 12.9. The quantitative estimate of drug-likeness (QED) is 0.561. The Morgan fingerprint density at radius 3 is 2.43 bits per heavy atom. The lowest BCUT2D eigenvalue weighted by molar-refractivity contribution is -0.141. The molecule has 3 aliphatic rings. The molecule has 8 nitrogen and oxygen atoms in total. The lowest BCUT2D eigenvalue weighted by atomic mass is 9.95. The van der Waals surface area contributed by atoms with Gasteiger partial charge in [-0.25, -0.2) is 0 Å². The molecule has 2 fully saturated rings. The molecule has 3 heterocycles. The highest BCUT2D eigenvalue weighted by Gasteiger charge is 2.40. The molecule has 1 aromatic carbocycles. The molecule has 4 rings (SSSR count). The molecule has 0 aliphatic carbocycles. The van der Waals surface area contributed by atoms with Gasteiger partial charge in [0.2, 0.25) is 11.8 Å². The Labute approximate surface area is 180 Å². The number of methoxy groups -OCH3 is 2. The zero-order valence-corrected chi connectivity index (χ0v) is 17.9. The molecule has 0 spiro atoms. The molecule has 30 heavy (non-hydrogen) atoms. The van der Waals surface area contributed by atoms with Gasteiger partial charge in [0.15, 0.2) is 6.29 Å². The lowest BCUT2D eigenvalue weighted by Gasteiger charge is -2.36. The average molecular weight is 436 g/mol. The number of nitrogens with one attached hydrogen (secondary N) is 1. The maximum absolute atomic E-state index is 12.9. The SMILES string of the molecule is COC(OC)C1CCN(c2ccc3c(c2Cl)CN(C2CCC(=O)NC2=O)C3=O)CC1. The molecule has 1 unspecified atom stereocenters. The van der Waals surface area contributed by atoms with Gasteiger partial charge in [0.05, 0.1) is 10.7 Å². The Bertz CT molecular complexity index is 864. The minimum Gasteiger partial charge on any atom is -0.370 e. The Balaban J connectivity index is 1.50. The standard InChI is InChI=1S/C21H26ClN3O5/c1-29-21(30-2)12-7-9-24(10-8-12)15-4-3-13-14(18(15)22)11-25(20(13)28)16-5-6-17(26)23-19(16)27/h3-4,12,16,21H,5-11H2,1-2H3,(H,23,26,27). The number of piperidine rings is 2. The van der Waals surface area contributed by atoms with Crippen molar-refractivity contribution in [3.63, 3.8) is 0 Å². The fourth-order valence-electron chi connectivity index (χ4n) is 4.73. The monoisotopic (exact) mass is 435 g/mol. The second-order valence-electron chi connectivity index (χ2n) is 7.99. The zero-order valence-electron chi connectivity index (χ0n) is 17.2. The summed E-state index contributed by atoms with van der Waals surface area (Å²) in [6, 6.07) is 3.04. The van der Waals surface area contributed by atoms with Crippen LogP contribution in [0.5, 0.6) is 0 Å². The molecule has 1 aromatic rings. The van der Waals surface area contributed by atoms with Crippen LogP contribution in [0.4, 0.5) is 5.69 Å². The molecule has 162 valence electrons. The molecule has 2 saturated heterocycles. The summed E-state index contributed by atoms with van der Waals surface area (Å²) in [6.07, 6.45) is 2.20. The van der Waals surface area contributed by atoms with Crippen LogP contribution < -0.4 is 10.2 Å². The van der Waals surface area contributed by atoms with E-state index in [0.717, 1.165) is 37.2 Å². The molecule has 3 aliphatic heterocycles. The van der Waals surface area contributed by atoms with Crippen molar-refractivity contribution in [3.05, 3.63) is 28.3 Å². The Morgan fingerprint density at radius 1 is 1.10 bits per heavy atom. The summed E-state index contributed by atoms with van der Waals surface area (Å²) in [6.45, 7) is 1.91. The first kappa shape index (κ1) is 21.1. The van der Waals surface area contributed by atoms with E-state index in [-0.39, 0.29) is 31.1 Å². The highest BCUT2D eigenvalue weighted by Crippen LogP contribution is 2.39. The number of nitrogens with zero attached hydrogens (tertiary/aromatic N) is 2. The molecular weight excluding hydrogens is 410 g/mol. The summed E-state index contributed by atoms with van der Waals surface area (Å²) >= 11 is 6.75. The van der Waals surface area contributed by atoms with Crippen LogP contribution in [0.2, 0.25) is 5.02 Å². The predicted molar refractivity (Wildman–Crippen MR) is 110 cm³/mol. The molecule has 3 amide bonds. The summed E-state index contributed by atoms with van der Waals surface area (Å²) in [4.78, 5) is 40.3. The molecule has 9 heteroatoms. The van der Waals surface area contributed by atoms with Gasteiger partial charge in [-0.05, 0) is 31.4 Å². The number of ether oxygens (including phenoxy) is 2. The third-order valence-electron chi connectivity index (χ3n) is 6.36. The number of hydrogen-bond donors (Lipinski definition) is 1. The number of anilines is 1. The number of carbonyl (C=O) groups excluding carboxylic acids is 3. The van der Waals surface area contributed by atoms with E-state index in [4.69, 9.17) is 21.1 Å². The van der Waals surface area contributed by atoms with Crippen molar-refractivity contribution in [1.82, 2.24) is 10.2 Å². The third kappa shape index (κ3) is 3.68. The van der Waals surface area contributed by atoms with Crippen molar-refractivity contribution in [2.45, 2.75) is 44.6 Å². The van der Waals surface area contributed by atoms with Gasteiger partial charge in [-0.15, -0.1) is 0 Å². The van der Waals surface area contributed by atoms with Crippen LogP contribution in [0.3, 0.4) is 0 Å². The number of rotatable bonds is 5. The second kappa shape index (κ2) is 8.53. The van der Waals surface area contributed by atoms with Crippen LogP contribution >= 0.6 is 11.6 Å². The van der Waals surface area contributed by atoms with Crippen molar-refractivity contribution >= 4 is 35.0 Å². The van der Waals surface area contributed by atoms with Gasteiger partial charge in [-0.3, -0.25) is 19.7 Å². The number of fused-ring (bicyclic) bond motifs is 1. The molecule has 1 atom stereocenters. The normalized spacial score (nSPS) is 22.7. The molecule has 0 saturated carbocycles. The van der Waals surface area contributed by atoms with Crippen molar-refractivity contribution in [2.24, 2.45) is 5.92 Å². The average Bonchev–Trinajstić information content (AvgIpc) is 3.07. The summed E-state index contributed by atoms with van der Waals surface area (Å²) < 4.78 is 10.8. The van der Waals surface area contributed by atoms with Crippen LogP contribution in [0, 0.1) is 5.92 Å². The summed E-state index contributed by atoms with van der Waals surface area (Å²) in [5, 5.41) is 2.88. The van der Waals surface area contributed by atoms with E-state index < -0.39 is 11.9 Å². The van der Waals surface area contributed by atoms with Crippen LogP contribution in [0.1, 0.15) is 41.6 Å². The van der Waals surface area contributed by atoms with E-state index in [2.05, 4.69) is 10.2 Å². The van der Waals surface area contributed by atoms with E-state index in [0.29, 0.717) is 22.9 Å². The summed E-state index contributed by atoms with van der Waals surface area (Å²) in [7, 11) is 3.31. The van der Waals surface area contributed by atoms with Crippen molar-refractivity contribution in [1.29, 1.82) is 0 Å². The number of hydrogen-bond acceptors (Lipinski definition) is 6. The molecule has 0 radical (unpaired) electrons. The van der Waals surface area contributed by atoms with Gasteiger partial charge in [-0.2, -0.15) is 0 Å². The maximum Gasteiger partial charge on any atom is 0.255 e. The highest BCUT2D eigenvalue weighted by molar-refractivity contribution is 6.35. The smallest absolute Gasteiger partial charge is 0.255 e. The van der Waals surface area contributed by atoms with Crippen LogP contribution in [-0.4, -0.2) is 62.3 Å². The molecular formula is C21H26ClN3O5. The van der Waals surface area contributed by atoms with Crippen LogP contribution in [0.25, 0.3) is 0 Å². The molecule has 0 bridgehead atoms. The predicted octanol–water partition coefficient (Wildman–Crippen LogP) is 1.94. The first-order valence-electron chi connectivity index (χ1n) is 10.2. The largest absolute Gasteiger partial charge is 0.370 e. The van der Waals surface area contributed by atoms with Crippen molar-refractivity contribution in [3.8, 4) is 0 Å². The van der Waals surface area contributed by atoms with E-state index in [9.17, 15) is 14.4 Å². The van der Waals surface area contributed by atoms with Gasteiger partial charge >= 0.3 is 0 Å². The second-order valence-corrected chi connectivity index (χ2v) is 8.37. The fourth-order valence-corrected chi connectivity index (χ4v) is 5.07. The highest BCUT2D eigenvalue weighted by atomic mass is 35.5. The Hall–Kier alpha value is -2.16. The number of imide groups is 1. The minimum atomic E-state index is -0.641. The van der Waals surface area contributed by atoms with Gasteiger partial charge in [-0.1, -0.05) is 11.6 Å². The van der Waals surface area contributed by atoms with Crippen LogP contribution in [0.15, 0.2) is 12.1 Å². The third-order valence-corrected chi connectivity index (χ3v) is 6.78. The van der Waals surface area contributed by atoms with E-state index in [1.807, 2.05) is 6.07 Å². The van der Waals surface area contributed by atoms with Gasteiger partial charge in [0, 0.05) is 57.3 Å². The summed E-state index contributed by atoms with van der Waals surface area (Å²) in [5.41, 5.74) is 2.18. The van der Waals surface area contributed by atoms with Crippen LogP contribution in [-0.2, 0) is 25.6 Å². The first-order chi connectivity index (χ1) is 14.4. The van der Waals surface area contributed by atoms with Crippen molar-refractivity contribution in [2.75, 3.05) is 32.2 Å².